The Balaban J connectivity index is 3.25. The fourth-order valence-corrected chi connectivity index (χ4v) is 1.88. The Morgan fingerprint density at radius 2 is 2.09 bits per heavy atom. The quantitative estimate of drug-likeness (QED) is 0.611. The first kappa shape index (κ1) is 8.88. The Hall–Kier alpha value is -0.210. The fraction of sp³-hybridized carbons (Fsp3) is 0.250. The summed E-state index contributed by atoms with van der Waals surface area (Å²) < 4.78 is 13.0. The van der Waals surface area contributed by atoms with Crippen LogP contribution in [-0.2, 0) is 0 Å². The Morgan fingerprint density at radius 1 is 1.45 bits per heavy atom. The van der Waals surface area contributed by atoms with Crippen LogP contribution >= 0.6 is 23.4 Å². The van der Waals surface area contributed by atoms with E-state index in [9.17, 15) is 4.39 Å². The molecule has 0 atom stereocenters. The zero-order valence-electron chi connectivity index (χ0n) is 6.32. The summed E-state index contributed by atoms with van der Waals surface area (Å²) in [6.45, 7) is 1.82. The molecule has 0 aliphatic rings. The van der Waals surface area contributed by atoms with Crippen molar-refractivity contribution in [1.82, 2.24) is 0 Å². The van der Waals surface area contributed by atoms with Crippen molar-refractivity contribution in [1.29, 1.82) is 0 Å². The van der Waals surface area contributed by atoms with E-state index in [1.165, 1.54) is 17.8 Å². The van der Waals surface area contributed by atoms with Gasteiger partial charge in [0, 0.05) is 0 Å². The van der Waals surface area contributed by atoms with Crippen LogP contribution in [-0.4, -0.2) is 6.26 Å². The summed E-state index contributed by atoms with van der Waals surface area (Å²) in [5.74, 6) is -0.234. The third-order valence-electron chi connectivity index (χ3n) is 1.35. The van der Waals surface area contributed by atoms with Crippen molar-refractivity contribution in [3.05, 3.63) is 28.5 Å². The molecule has 0 unspecified atom stereocenters. The first-order valence-electron chi connectivity index (χ1n) is 3.15. The second kappa shape index (κ2) is 3.46. The number of rotatable bonds is 1. The maximum absolute atomic E-state index is 13.0. The second-order valence-corrected chi connectivity index (χ2v) is 3.49. The van der Waals surface area contributed by atoms with Crippen LogP contribution in [0.15, 0.2) is 17.0 Å². The Kier molecular flexibility index (Phi) is 2.79. The molecule has 1 rings (SSSR count). The lowest BCUT2D eigenvalue weighted by Gasteiger charge is -2.02. The third-order valence-corrected chi connectivity index (χ3v) is 2.58. The molecule has 3 heteroatoms. The normalized spacial score (nSPS) is 10.2. The Bertz CT molecular complexity index is 250. The molecule has 60 valence electrons. The lowest BCUT2D eigenvalue weighted by atomic mass is 10.2. The van der Waals surface area contributed by atoms with E-state index in [4.69, 9.17) is 11.6 Å². The van der Waals surface area contributed by atoms with Gasteiger partial charge in [-0.2, -0.15) is 0 Å². The topological polar surface area (TPSA) is 0 Å². The largest absolute Gasteiger partial charge is 0.206 e. The highest BCUT2D eigenvalue weighted by Gasteiger charge is 2.05. The highest BCUT2D eigenvalue weighted by Crippen LogP contribution is 2.28. The lowest BCUT2D eigenvalue weighted by molar-refractivity contribution is 0.601. The molecule has 0 heterocycles. The summed E-state index contributed by atoms with van der Waals surface area (Å²) in [6.07, 6.45) is 1.81. The van der Waals surface area contributed by atoms with Crippen molar-refractivity contribution in [2.75, 3.05) is 6.26 Å². The summed E-state index contributed by atoms with van der Waals surface area (Å²) in [7, 11) is 0. The van der Waals surface area contributed by atoms with Crippen LogP contribution in [0.4, 0.5) is 4.39 Å². The van der Waals surface area contributed by atoms with Gasteiger partial charge in [0.1, 0.15) is 5.82 Å². The molecule has 0 N–H and O–H groups in total. The standard InChI is InChI=1S/C8H8ClFS/c1-5-3-6(9)8(11-2)7(10)4-5/h3-4H,1-2H3. The van der Waals surface area contributed by atoms with Crippen molar-refractivity contribution in [2.45, 2.75) is 11.8 Å². The lowest BCUT2D eigenvalue weighted by Crippen LogP contribution is -1.83. The number of thioether (sulfide) groups is 1. The van der Waals surface area contributed by atoms with Gasteiger partial charge in [0.2, 0.25) is 0 Å². The second-order valence-electron chi connectivity index (χ2n) is 2.26. The van der Waals surface area contributed by atoms with Crippen molar-refractivity contribution in [3.8, 4) is 0 Å². The number of hydrogen-bond donors (Lipinski definition) is 0. The molecule has 0 aliphatic heterocycles. The fourth-order valence-electron chi connectivity index (χ4n) is 0.882. The maximum Gasteiger partial charge on any atom is 0.138 e. The van der Waals surface area contributed by atoms with Gasteiger partial charge in [0.25, 0.3) is 0 Å². The van der Waals surface area contributed by atoms with E-state index in [0.717, 1.165) is 5.56 Å². The first-order chi connectivity index (χ1) is 5.15. The number of halogens is 2. The van der Waals surface area contributed by atoms with Gasteiger partial charge in [-0.05, 0) is 30.9 Å². The minimum Gasteiger partial charge on any atom is -0.206 e. The van der Waals surface area contributed by atoms with Crippen molar-refractivity contribution >= 4 is 23.4 Å². The van der Waals surface area contributed by atoms with E-state index in [1.54, 1.807) is 12.3 Å². The predicted molar refractivity (Wildman–Crippen MR) is 47.9 cm³/mol. The summed E-state index contributed by atoms with van der Waals surface area (Å²) in [5, 5.41) is 0.495. The zero-order valence-corrected chi connectivity index (χ0v) is 7.89. The van der Waals surface area contributed by atoms with Crippen LogP contribution in [0.5, 0.6) is 0 Å². The van der Waals surface area contributed by atoms with Gasteiger partial charge in [-0.25, -0.2) is 4.39 Å². The first-order valence-corrected chi connectivity index (χ1v) is 4.75. The van der Waals surface area contributed by atoms with Crippen LogP contribution in [0, 0.1) is 12.7 Å². The van der Waals surface area contributed by atoms with E-state index in [2.05, 4.69) is 0 Å². The molecule has 0 saturated heterocycles. The molecule has 0 aliphatic carbocycles. The molecular formula is C8H8ClFS. The molecule has 0 aromatic heterocycles. The average molecular weight is 191 g/mol. The van der Waals surface area contributed by atoms with Crippen LogP contribution in [0.2, 0.25) is 5.02 Å². The molecule has 1 aromatic carbocycles. The minimum atomic E-state index is -0.234. The number of benzene rings is 1. The van der Waals surface area contributed by atoms with Gasteiger partial charge in [0.05, 0.1) is 9.92 Å². The SMILES string of the molecule is CSc1c(F)cc(C)cc1Cl. The van der Waals surface area contributed by atoms with E-state index in [0.29, 0.717) is 9.92 Å². The molecular weight excluding hydrogens is 183 g/mol. The average Bonchev–Trinajstić information content (AvgIpc) is 1.85. The van der Waals surface area contributed by atoms with Gasteiger partial charge in [-0.3, -0.25) is 0 Å². The molecule has 0 saturated carbocycles. The maximum atomic E-state index is 13.0. The summed E-state index contributed by atoms with van der Waals surface area (Å²) in [6, 6.07) is 3.24. The molecule has 0 amide bonds. The smallest absolute Gasteiger partial charge is 0.138 e. The summed E-state index contributed by atoms with van der Waals surface area (Å²) in [5.41, 5.74) is 0.852. The van der Waals surface area contributed by atoms with Gasteiger partial charge in [-0.1, -0.05) is 11.6 Å². The summed E-state index contributed by atoms with van der Waals surface area (Å²) in [4.78, 5) is 0.525. The Labute approximate surface area is 74.8 Å². The number of hydrogen-bond acceptors (Lipinski definition) is 1. The minimum absolute atomic E-state index is 0.234. The van der Waals surface area contributed by atoms with E-state index < -0.39 is 0 Å². The van der Waals surface area contributed by atoms with Crippen LogP contribution in [0.3, 0.4) is 0 Å². The van der Waals surface area contributed by atoms with E-state index >= 15 is 0 Å². The monoisotopic (exact) mass is 190 g/mol. The summed E-state index contributed by atoms with van der Waals surface area (Å²) >= 11 is 7.10. The van der Waals surface area contributed by atoms with Gasteiger partial charge in [0.15, 0.2) is 0 Å². The molecule has 0 radical (unpaired) electrons. The van der Waals surface area contributed by atoms with Gasteiger partial charge >= 0.3 is 0 Å². The van der Waals surface area contributed by atoms with Crippen LogP contribution in [0.25, 0.3) is 0 Å². The molecule has 0 nitrogen and oxygen atoms in total. The van der Waals surface area contributed by atoms with Crippen molar-refractivity contribution in [2.24, 2.45) is 0 Å². The molecule has 0 spiro atoms. The van der Waals surface area contributed by atoms with Gasteiger partial charge in [-0.15, -0.1) is 11.8 Å². The van der Waals surface area contributed by atoms with Crippen molar-refractivity contribution in [3.63, 3.8) is 0 Å². The molecule has 0 bridgehead atoms. The van der Waals surface area contributed by atoms with E-state index in [-0.39, 0.29) is 5.82 Å². The highest BCUT2D eigenvalue weighted by atomic mass is 35.5. The highest BCUT2D eigenvalue weighted by molar-refractivity contribution is 7.98. The Morgan fingerprint density at radius 3 is 2.55 bits per heavy atom. The zero-order chi connectivity index (χ0) is 8.43. The molecule has 0 fully saturated rings. The van der Waals surface area contributed by atoms with E-state index in [1.807, 2.05) is 6.92 Å². The van der Waals surface area contributed by atoms with Gasteiger partial charge < -0.3 is 0 Å². The predicted octanol–water partition coefficient (Wildman–Crippen LogP) is 3.51. The van der Waals surface area contributed by atoms with Crippen LogP contribution < -0.4 is 0 Å². The van der Waals surface area contributed by atoms with Crippen molar-refractivity contribution < 1.29 is 4.39 Å². The molecule has 11 heavy (non-hydrogen) atoms. The molecule has 1 aromatic rings. The number of aryl methyl sites for hydroxylation is 1. The third kappa shape index (κ3) is 1.88. The van der Waals surface area contributed by atoms with Crippen LogP contribution in [0.1, 0.15) is 5.56 Å².